The molecule has 0 radical (unpaired) electrons. The summed E-state index contributed by atoms with van der Waals surface area (Å²) in [5.74, 6) is 0.477. The van der Waals surface area contributed by atoms with Gasteiger partial charge in [0.15, 0.2) is 5.82 Å². The summed E-state index contributed by atoms with van der Waals surface area (Å²) in [5, 5.41) is 15.1. The number of nitrogens with zero attached hydrogens (tertiary/aromatic N) is 4. The average molecular weight is 249 g/mol. The summed E-state index contributed by atoms with van der Waals surface area (Å²) < 4.78 is 13.2. The van der Waals surface area contributed by atoms with Crippen LogP contribution < -0.4 is 5.32 Å². The summed E-state index contributed by atoms with van der Waals surface area (Å²) in [5.41, 5.74) is 1.66. The van der Waals surface area contributed by atoms with Crippen LogP contribution >= 0.6 is 0 Å². The minimum Gasteiger partial charge on any atom is -0.313 e. The fraction of sp³-hybridized carbons (Fsp3) is 0.417. The molecular formula is C12H16FN5. The van der Waals surface area contributed by atoms with Crippen molar-refractivity contribution in [1.29, 1.82) is 0 Å². The summed E-state index contributed by atoms with van der Waals surface area (Å²) >= 11 is 0. The van der Waals surface area contributed by atoms with Gasteiger partial charge in [-0.15, -0.1) is 10.2 Å². The molecule has 18 heavy (non-hydrogen) atoms. The van der Waals surface area contributed by atoms with Gasteiger partial charge in [-0.2, -0.15) is 4.80 Å². The predicted molar refractivity (Wildman–Crippen MR) is 65.4 cm³/mol. The van der Waals surface area contributed by atoms with E-state index < -0.39 is 0 Å². The van der Waals surface area contributed by atoms with Crippen LogP contribution in [0.1, 0.15) is 23.0 Å². The van der Waals surface area contributed by atoms with Crippen LogP contribution in [0.4, 0.5) is 4.39 Å². The lowest BCUT2D eigenvalue weighted by molar-refractivity contribution is 0.565. The molecule has 0 spiro atoms. The van der Waals surface area contributed by atoms with Crippen molar-refractivity contribution in [1.82, 2.24) is 25.5 Å². The third kappa shape index (κ3) is 2.70. The Bertz CT molecular complexity index is 537. The van der Waals surface area contributed by atoms with Crippen molar-refractivity contribution in [3.8, 4) is 0 Å². The largest absolute Gasteiger partial charge is 0.313 e. The van der Waals surface area contributed by atoms with Gasteiger partial charge in [0.1, 0.15) is 5.82 Å². The maximum atomic E-state index is 13.2. The van der Waals surface area contributed by atoms with Crippen LogP contribution in [0, 0.1) is 12.7 Å². The van der Waals surface area contributed by atoms with Gasteiger partial charge < -0.3 is 5.32 Å². The van der Waals surface area contributed by atoms with Gasteiger partial charge >= 0.3 is 0 Å². The molecule has 5 nitrogen and oxygen atoms in total. The second kappa shape index (κ2) is 5.22. The first kappa shape index (κ1) is 12.6. The number of aromatic nitrogens is 4. The Morgan fingerprint density at radius 2 is 2.22 bits per heavy atom. The topological polar surface area (TPSA) is 55.6 Å². The number of nitrogens with one attached hydrogen (secondary N) is 1. The molecule has 0 aliphatic rings. The lowest BCUT2D eigenvalue weighted by atomic mass is 10.0. The van der Waals surface area contributed by atoms with E-state index >= 15 is 0 Å². The Hall–Kier alpha value is -1.82. The quantitative estimate of drug-likeness (QED) is 0.883. The fourth-order valence-electron chi connectivity index (χ4n) is 1.86. The number of tetrazole rings is 1. The molecule has 0 bridgehead atoms. The molecular weight excluding hydrogens is 233 g/mol. The number of hydrogen-bond donors (Lipinski definition) is 1. The van der Waals surface area contributed by atoms with Crippen LogP contribution in [0.5, 0.6) is 0 Å². The molecule has 0 saturated carbocycles. The Morgan fingerprint density at radius 1 is 1.44 bits per heavy atom. The highest BCUT2D eigenvalue weighted by molar-refractivity contribution is 5.27. The highest BCUT2D eigenvalue weighted by atomic mass is 19.1. The molecule has 0 amide bonds. The Morgan fingerprint density at radius 3 is 2.78 bits per heavy atom. The minimum absolute atomic E-state index is 0.0495. The molecule has 1 aromatic carbocycles. The Kier molecular flexibility index (Phi) is 3.66. The van der Waals surface area contributed by atoms with Crippen LogP contribution in [0.25, 0.3) is 0 Å². The van der Waals surface area contributed by atoms with Crippen molar-refractivity contribution < 1.29 is 4.39 Å². The number of likely N-dealkylation sites (N-methyl/N-ethyl adjacent to an activating group) is 1. The van der Waals surface area contributed by atoms with Crippen molar-refractivity contribution in [3.63, 3.8) is 0 Å². The first-order chi connectivity index (χ1) is 8.60. The third-order valence-electron chi connectivity index (χ3n) is 2.87. The molecule has 0 saturated heterocycles. The zero-order valence-electron chi connectivity index (χ0n) is 10.7. The molecule has 1 heterocycles. The molecule has 1 atom stereocenters. The van der Waals surface area contributed by atoms with E-state index in [0.717, 1.165) is 5.56 Å². The van der Waals surface area contributed by atoms with Gasteiger partial charge in [-0.3, -0.25) is 0 Å². The van der Waals surface area contributed by atoms with Crippen molar-refractivity contribution >= 4 is 0 Å². The highest BCUT2D eigenvalue weighted by Crippen LogP contribution is 2.19. The van der Waals surface area contributed by atoms with E-state index in [0.29, 0.717) is 17.8 Å². The van der Waals surface area contributed by atoms with Crippen LogP contribution in [-0.2, 0) is 13.5 Å². The first-order valence-corrected chi connectivity index (χ1v) is 5.76. The normalized spacial score (nSPS) is 12.7. The Labute approximate surface area is 105 Å². The van der Waals surface area contributed by atoms with Gasteiger partial charge in [0.2, 0.25) is 0 Å². The molecule has 0 fully saturated rings. The van der Waals surface area contributed by atoms with Crippen molar-refractivity contribution in [2.45, 2.75) is 19.4 Å². The van der Waals surface area contributed by atoms with E-state index in [9.17, 15) is 4.39 Å². The Balaban J connectivity index is 2.19. The second-order valence-electron chi connectivity index (χ2n) is 4.25. The van der Waals surface area contributed by atoms with Crippen molar-refractivity contribution in [2.75, 3.05) is 7.05 Å². The SMILES string of the molecule is CNC(Cc1nnn(C)n1)c1ccc(F)c(C)c1. The first-order valence-electron chi connectivity index (χ1n) is 5.76. The number of hydrogen-bond acceptors (Lipinski definition) is 4. The number of benzene rings is 1. The summed E-state index contributed by atoms with van der Waals surface area (Å²) in [4.78, 5) is 1.43. The van der Waals surface area contributed by atoms with Crippen LogP contribution in [-0.4, -0.2) is 27.3 Å². The highest BCUT2D eigenvalue weighted by Gasteiger charge is 2.14. The molecule has 1 unspecified atom stereocenters. The van der Waals surface area contributed by atoms with Crippen LogP contribution in [0.2, 0.25) is 0 Å². The third-order valence-corrected chi connectivity index (χ3v) is 2.87. The van der Waals surface area contributed by atoms with Crippen molar-refractivity contribution in [3.05, 3.63) is 41.0 Å². The molecule has 1 N–H and O–H groups in total. The number of rotatable bonds is 4. The monoisotopic (exact) mass is 249 g/mol. The van der Waals surface area contributed by atoms with Gasteiger partial charge in [0, 0.05) is 12.5 Å². The molecule has 1 aromatic heterocycles. The van der Waals surface area contributed by atoms with Gasteiger partial charge in [0.05, 0.1) is 7.05 Å². The molecule has 0 aliphatic heterocycles. The van der Waals surface area contributed by atoms with Crippen LogP contribution in [0.3, 0.4) is 0 Å². The lowest BCUT2D eigenvalue weighted by Crippen LogP contribution is -2.19. The van der Waals surface area contributed by atoms with Gasteiger partial charge in [-0.1, -0.05) is 12.1 Å². The number of halogens is 1. The zero-order chi connectivity index (χ0) is 13.1. The molecule has 2 aromatic rings. The summed E-state index contributed by atoms with van der Waals surface area (Å²) in [7, 11) is 3.59. The van der Waals surface area contributed by atoms with E-state index in [1.165, 1.54) is 10.9 Å². The fourth-order valence-corrected chi connectivity index (χ4v) is 1.86. The van der Waals surface area contributed by atoms with E-state index in [4.69, 9.17) is 0 Å². The average Bonchev–Trinajstić information content (AvgIpc) is 2.75. The van der Waals surface area contributed by atoms with E-state index in [2.05, 4.69) is 20.7 Å². The predicted octanol–water partition coefficient (Wildman–Crippen LogP) is 1.16. The van der Waals surface area contributed by atoms with Gasteiger partial charge in [-0.25, -0.2) is 4.39 Å². The maximum Gasteiger partial charge on any atom is 0.176 e. The molecule has 6 heteroatoms. The number of aryl methyl sites for hydroxylation is 2. The summed E-state index contributed by atoms with van der Waals surface area (Å²) in [6, 6.07) is 5.15. The van der Waals surface area contributed by atoms with E-state index in [1.807, 2.05) is 13.1 Å². The maximum absolute atomic E-state index is 13.2. The van der Waals surface area contributed by atoms with E-state index in [-0.39, 0.29) is 11.9 Å². The standard InChI is InChI=1S/C12H16FN5/c1-8-6-9(4-5-10(8)13)11(14-2)7-12-15-17-18(3)16-12/h4-6,11,14H,7H2,1-3H3. The van der Waals surface area contributed by atoms with E-state index in [1.54, 1.807) is 20.0 Å². The molecule has 0 aliphatic carbocycles. The van der Waals surface area contributed by atoms with Gasteiger partial charge in [-0.05, 0) is 36.4 Å². The second-order valence-corrected chi connectivity index (χ2v) is 4.25. The molecule has 2 rings (SSSR count). The van der Waals surface area contributed by atoms with Crippen molar-refractivity contribution in [2.24, 2.45) is 7.05 Å². The minimum atomic E-state index is -0.189. The molecule has 96 valence electrons. The summed E-state index contributed by atoms with van der Waals surface area (Å²) in [6.07, 6.45) is 0.620. The van der Waals surface area contributed by atoms with Gasteiger partial charge in [0.25, 0.3) is 0 Å². The van der Waals surface area contributed by atoms with Crippen LogP contribution in [0.15, 0.2) is 18.2 Å². The summed E-state index contributed by atoms with van der Waals surface area (Å²) in [6.45, 7) is 1.76. The lowest BCUT2D eigenvalue weighted by Gasteiger charge is -2.15. The zero-order valence-corrected chi connectivity index (χ0v) is 10.7. The smallest absolute Gasteiger partial charge is 0.176 e.